The number of amides is 1. The Morgan fingerprint density at radius 3 is 2.21 bits per heavy atom. The second-order valence-corrected chi connectivity index (χ2v) is 5.33. The highest BCUT2D eigenvalue weighted by atomic mass is 35.5. The molecule has 1 atom stereocenters. The molecule has 7 heteroatoms. The van der Waals surface area contributed by atoms with Gasteiger partial charge in [-0.05, 0) is 18.7 Å². The summed E-state index contributed by atoms with van der Waals surface area (Å²) in [7, 11) is 1.56. The highest BCUT2D eigenvalue weighted by molar-refractivity contribution is 5.85. The van der Waals surface area contributed by atoms with Crippen molar-refractivity contribution in [3.8, 4) is 0 Å². The minimum atomic E-state index is -0.606. The standard InChI is InChI=1S/C17H29N3O2.2ClH/c1-4-19(5-2)11-12-20(17(21)16(18)14-22-3)13-15-9-7-6-8-10-15;;/h6-10,16H,4-5,11-14,18H2,1-3H3;2*1H. The molecule has 0 bridgehead atoms. The first kappa shape index (κ1) is 25.4. The van der Waals surface area contributed by atoms with Gasteiger partial charge in [0.25, 0.3) is 0 Å². The van der Waals surface area contributed by atoms with Crippen LogP contribution in [-0.2, 0) is 16.1 Å². The third-order valence-electron chi connectivity index (χ3n) is 3.77. The summed E-state index contributed by atoms with van der Waals surface area (Å²) in [4.78, 5) is 16.7. The van der Waals surface area contributed by atoms with E-state index in [1.807, 2.05) is 35.2 Å². The van der Waals surface area contributed by atoms with Crippen molar-refractivity contribution in [2.45, 2.75) is 26.4 Å². The topological polar surface area (TPSA) is 58.8 Å². The Morgan fingerprint density at radius 2 is 1.71 bits per heavy atom. The van der Waals surface area contributed by atoms with Crippen molar-refractivity contribution in [3.05, 3.63) is 35.9 Å². The molecule has 0 aliphatic rings. The van der Waals surface area contributed by atoms with Gasteiger partial charge in [0.1, 0.15) is 6.04 Å². The van der Waals surface area contributed by atoms with E-state index in [-0.39, 0.29) is 37.3 Å². The molecule has 140 valence electrons. The molecule has 0 saturated heterocycles. The first-order valence-electron chi connectivity index (χ1n) is 7.91. The van der Waals surface area contributed by atoms with E-state index in [2.05, 4.69) is 18.7 Å². The van der Waals surface area contributed by atoms with E-state index in [0.717, 1.165) is 25.2 Å². The van der Waals surface area contributed by atoms with Crippen LogP contribution in [0.1, 0.15) is 19.4 Å². The van der Waals surface area contributed by atoms with Crippen LogP contribution in [0.5, 0.6) is 0 Å². The summed E-state index contributed by atoms with van der Waals surface area (Å²) >= 11 is 0. The van der Waals surface area contributed by atoms with Crippen molar-refractivity contribution in [2.24, 2.45) is 5.73 Å². The van der Waals surface area contributed by atoms with Crippen LogP contribution in [0.25, 0.3) is 0 Å². The van der Waals surface area contributed by atoms with Crippen LogP contribution in [0.2, 0.25) is 0 Å². The van der Waals surface area contributed by atoms with Gasteiger partial charge < -0.3 is 20.3 Å². The molecule has 0 aromatic heterocycles. The average Bonchev–Trinajstić information content (AvgIpc) is 2.55. The molecule has 5 nitrogen and oxygen atoms in total. The lowest BCUT2D eigenvalue weighted by atomic mass is 10.2. The summed E-state index contributed by atoms with van der Waals surface area (Å²) in [6, 6.07) is 9.39. The third kappa shape index (κ3) is 8.85. The third-order valence-corrected chi connectivity index (χ3v) is 3.77. The Bertz CT molecular complexity index is 431. The fraction of sp³-hybridized carbons (Fsp3) is 0.588. The molecular formula is C17H31Cl2N3O2. The second kappa shape index (κ2) is 14.5. The van der Waals surface area contributed by atoms with Crippen LogP contribution in [0.4, 0.5) is 0 Å². The van der Waals surface area contributed by atoms with Crippen LogP contribution >= 0.6 is 24.8 Å². The molecular weight excluding hydrogens is 349 g/mol. The Kier molecular flexibility index (Phi) is 15.3. The molecule has 0 aliphatic carbocycles. The maximum absolute atomic E-state index is 12.5. The average molecular weight is 380 g/mol. The maximum atomic E-state index is 12.5. The highest BCUT2D eigenvalue weighted by Crippen LogP contribution is 2.06. The number of nitrogens with two attached hydrogens (primary N) is 1. The van der Waals surface area contributed by atoms with Crippen LogP contribution in [0.3, 0.4) is 0 Å². The second-order valence-electron chi connectivity index (χ2n) is 5.33. The Hall–Kier alpha value is -0.850. The van der Waals surface area contributed by atoms with E-state index >= 15 is 0 Å². The van der Waals surface area contributed by atoms with Crippen molar-refractivity contribution in [1.82, 2.24) is 9.80 Å². The molecule has 0 heterocycles. The number of carbonyl (C=O) groups excluding carboxylic acids is 1. The fourth-order valence-electron chi connectivity index (χ4n) is 2.36. The van der Waals surface area contributed by atoms with Gasteiger partial charge in [0.15, 0.2) is 0 Å². The monoisotopic (exact) mass is 379 g/mol. The number of benzene rings is 1. The minimum absolute atomic E-state index is 0. The van der Waals surface area contributed by atoms with Gasteiger partial charge in [-0.15, -0.1) is 24.8 Å². The number of likely N-dealkylation sites (N-methyl/N-ethyl adjacent to an activating group) is 1. The minimum Gasteiger partial charge on any atom is -0.383 e. The summed E-state index contributed by atoms with van der Waals surface area (Å²) in [5.41, 5.74) is 7.03. The van der Waals surface area contributed by atoms with Crippen molar-refractivity contribution in [2.75, 3.05) is 39.9 Å². The zero-order valence-corrected chi connectivity index (χ0v) is 16.4. The molecule has 1 aromatic carbocycles. The maximum Gasteiger partial charge on any atom is 0.242 e. The SMILES string of the molecule is CCN(CC)CCN(Cc1ccccc1)C(=O)C(N)COC.Cl.Cl. The number of hydrogen-bond acceptors (Lipinski definition) is 4. The van der Waals surface area contributed by atoms with Crippen molar-refractivity contribution in [1.29, 1.82) is 0 Å². The van der Waals surface area contributed by atoms with Gasteiger partial charge in [-0.2, -0.15) is 0 Å². The zero-order chi connectivity index (χ0) is 16.4. The number of halogens is 2. The van der Waals surface area contributed by atoms with Crippen molar-refractivity contribution < 1.29 is 9.53 Å². The Balaban J connectivity index is 0. The van der Waals surface area contributed by atoms with Crippen LogP contribution < -0.4 is 5.73 Å². The van der Waals surface area contributed by atoms with Crippen molar-refractivity contribution >= 4 is 30.7 Å². The largest absolute Gasteiger partial charge is 0.383 e. The molecule has 0 aliphatic heterocycles. The van der Waals surface area contributed by atoms with Gasteiger partial charge in [-0.25, -0.2) is 0 Å². The quantitative estimate of drug-likeness (QED) is 0.676. The molecule has 24 heavy (non-hydrogen) atoms. The summed E-state index contributed by atoms with van der Waals surface area (Å²) in [6.07, 6.45) is 0. The van der Waals surface area contributed by atoms with Gasteiger partial charge in [-0.1, -0.05) is 44.2 Å². The number of nitrogens with zero attached hydrogens (tertiary/aromatic N) is 2. The lowest BCUT2D eigenvalue weighted by Gasteiger charge is -2.28. The molecule has 2 N–H and O–H groups in total. The van der Waals surface area contributed by atoms with E-state index < -0.39 is 6.04 Å². The smallest absolute Gasteiger partial charge is 0.242 e. The van der Waals surface area contributed by atoms with Gasteiger partial charge in [0.2, 0.25) is 5.91 Å². The van der Waals surface area contributed by atoms with E-state index in [9.17, 15) is 4.79 Å². The molecule has 0 radical (unpaired) electrons. The zero-order valence-electron chi connectivity index (χ0n) is 14.8. The van der Waals surface area contributed by atoms with E-state index in [4.69, 9.17) is 10.5 Å². The first-order valence-corrected chi connectivity index (χ1v) is 7.91. The van der Waals surface area contributed by atoms with E-state index in [1.165, 1.54) is 0 Å². The number of rotatable bonds is 10. The number of methoxy groups -OCH3 is 1. The van der Waals surface area contributed by atoms with Crippen LogP contribution in [0.15, 0.2) is 30.3 Å². The summed E-state index contributed by atoms with van der Waals surface area (Å²) < 4.78 is 5.01. The van der Waals surface area contributed by atoms with Gasteiger partial charge in [0.05, 0.1) is 6.61 Å². The Labute approximate surface area is 158 Å². The van der Waals surface area contributed by atoms with Gasteiger partial charge in [0, 0.05) is 26.7 Å². The van der Waals surface area contributed by atoms with Crippen LogP contribution in [0, 0.1) is 0 Å². The fourth-order valence-corrected chi connectivity index (χ4v) is 2.36. The number of hydrogen-bond donors (Lipinski definition) is 1. The summed E-state index contributed by atoms with van der Waals surface area (Å²) in [6.45, 7) is 8.57. The van der Waals surface area contributed by atoms with Crippen molar-refractivity contribution in [3.63, 3.8) is 0 Å². The predicted octanol–water partition coefficient (Wildman–Crippen LogP) is 2.17. The first-order chi connectivity index (χ1) is 10.6. The molecule has 1 amide bonds. The Morgan fingerprint density at radius 1 is 1.12 bits per heavy atom. The number of ether oxygens (including phenoxy) is 1. The molecule has 1 unspecified atom stereocenters. The van der Waals surface area contributed by atoms with Crippen LogP contribution in [-0.4, -0.2) is 61.6 Å². The summed E-state index contributed by atoms with van der Waals surface area (Å²) in [5, 5.41) is 0. The van der Waals surface area contributed by atoms with E-state index in [1.54, 1.807) is 7.11 Å². The van der Waals surface area contributed by atoms with Gasteiger partial charge >= 0.3 is 0 Å². The number of carbonyl (C=O) groups is 1. The molecule has 0 saturated carbocycles. The summed E-state index contributed by atoms with van der Waals surface area (Å²) in [5.74, 6) is -0.0575. The van der Waals surface area contributed by atoms with Gasteiger partial charge in [-0.3, -0.25) is 4.79 Å². The molecule has 0 spiro atoms. The molecule has 1 rings (SSSR count). The van der Waals surface area contributed by atoms with E-state index in [0.29, 0.717) is 13.1 Å². The highest BCUT2D eigenvalue weighted by Gasteiger charge is 2.21. The normalized spacial score (nSPS) is 11.4. The predicted molar refractivity (Wildman–Crippen MR) is 104 cm³/mol. The molecule has 0 fully saturated rings. The molecule has 1 aromatic rings. The lowest BCUT2D eigenvalue weighted by molar-refractivity contribution is -0.134. The lowest BCUT2D eigenvalue weighted by Crippen LogP contribution is -2.48.